The Labute approximate surface area is 230 Å². The number of pyridine rings is 1. The quantitative estimate of drug-likeness (QED) is 0.223. The molecule has 0 aliphatic carbocycles. The minimum atomic E-state index is -4.57. The molecule has 0 spiro atoms. The number of alkyl halides is 3. The van der Waals surface area contributed by atoms with Crippen molar-refractivity contribution < 1.29 is 45.8 Å². The van der Waals surface area contributed by atoms with Crippen molar-refractivity contribution in [2.24, 2.45) is 5.73 Å². The molecule has 0 radical (unpaired) electrons. The number of carboxylic acid groups (broad SMARTS) is 1. The van der Waals surface area contributed by atoms with Gasteiger partial charge in [-0.15, -0.1) is 0 Å². The normalized spacial score (nSPS) is 12.2. The van der Waals surface area contributed by atoms with Crippen molar-refractivity contribution in [1.82, 2.24) is 9.97 Å². The fourth-order valence-electron chi connectivity index (χ4n) is 3.59. The Bertz CT molecular complexity index is 1550. The highest BCUT2D eigenvalue weighted by molar-refractivity contribution is 9.10. The zero-order valence-corrected chi connectivity index (χ0v) is 21.4. The summed E-state index contributed by atoms with van der Waals surface area (Å²) in [6, 6.07) is 8.41. The Hall–Kier alpha value is -4.53. The minimum absolute atomic E-state index is 0.0259. The SMILES string of the molecule is NC(=O)c1c(F)ccc(OC(CN(C(=O)O)c2cccnc2)c2nc(-c3ccc(C(F)(F)F)cc3)c(Br)o2)c1F. The van der Waals surface area contributed by atoms with E-state index in [4.69, 9.17) is 14.9 Å². The van der Waals surface area contributed by atoms with Gasteiger partial charge in [-0.25, -0.2) is 18.6 Å². The van der Waals surface area contributed by atoms with Gasteiger partial charge in [-0.3, -0.25) is 14.7 Å². The summed E-state index contributed by atoms with van der Waals surface area (Å²) in [5.74, 6) is -5.12. The van der Waals surface area contributed by atoms with Crippen molar-refractivity contribution in [2.75, 3.05) is 11.4 Å². The molecule has 2 amide bonds. The lowest BCUT2D eigenvalue weighted by Gasteiger charge is -2.24. The number of ether oxygens (including phenoxy) is 1. The molecule has 2 aromatic carbocycles. The van der Waals surface area contributed by atoms with Crippen LogP contribution in [0.4, 0.5) is 32.4 Å². The first-order valence-corrected chi connectivity index (χ1v) is 11.8. The molecule has 0 fully saturated rings. The lowest BCUT2D eigenvalue weighted by atomic mass is 10.1. The zero-order valence-electron chi connectivity index (χ0n) is 19.8. The van der Waals surface area contributed by atoms with Crippen LogP contribution in [-0.4, -0.2) is 33.6 Å². The number of rotatable bonds is 8. The number of oxazole rings is 1. The van der Waals surface area contributed by atoms with Crippen LogP contribution < -0.4 is 15.4 Å². The van der Waals surface area contributed by atoms with Gasteiger partial charge in [-0.2, -0.15) is 13.2 Å². The summed E-state index contributed by atoms with van der Waals surface area (Å²) in [5.41, 5.74) is 3.40. The molecule has 4 aromatic rings. The van der Waals surface area contributed by atoms with Gasteiger partial charge in [-0.05, 0) is 52.3 Å². The number of anilines is 1. The molecule has 2 aromatic heterocycles. The number of amides is 2. The summed E-state index contributed by atoms with van der Waals surface area (Å²) in [4.78, 5) is 32.5. The fraction of sp³-hybridized carbons (Fsp3) is 0.120. The highest BCUT2D eigenvalue weighted by Crippen LogP contribution is 2.36. The number of hydrogen-bond acceptors (Lipinski definition) is 6. The Morgan fingerprint density at radius 1 is 1.12 bits per heavy atom. The topological polar surface area (TPSA) is 132 Å². The van der Waals surface area contributed by atoms with Gasteiger partial charge < -0.3 is 20.0 Å². The van der Waals surface area contributed by atoms with Crippen molar-refractivity contribution in [3.63, 3.8) is 0 Å². The Balaban J connectivity index is 1.77. The second-order valence-corrected chi connectivity index (χ2v) is 8.78. The third-order valence-electron chi connectivity index (χ3n) is 5.47. The Morgan fingerprint density at radius 3 is 2.40 bits per heavy atom. The van der Waals surface area contributed by atoms with E-state index in [0.29, 0.717) is 0 Å². The van der Waals surface area contributed by atoms with E-state index in [1.165, 1.54) is 24.5 Å². The third kappa shape index (κ3) is 6.03. The molecule has 1 atom stereocenters. The van der Waals surface area contributed by atoms with E-state index in [0.717, 1.165) is 41.3 Å². The summed E-state index contributed by atoms with van der Waals surface area (Å²) in [7, 11) is 0. The number of primary amides is 1. The van der Waals surface area contributed by atoms with Gasteiger partial charge in [0.15, 0.2) is 22.3 Å². The van der Waals surface area contributed by atoms with Crippen LogP contribution >= 0.6 is 15.9 Å². The standard InChI is InChI=1S/C25H16BrF5N4O5/c26-21-20(12-3-5-13(6-4-12)25(29,30)31)34-23(40-21)17(11-35(24(37)38)14-2-1-9-33-10-14)39-16-8-7-15(27)18(19(16)28)22(32)36/h1-10,17H,11H2,(H2,32,36)(H,37,38). The summed E-state index contributed by atoms with van der Waals surface area (Å²) in [6.07, 6.45) is -4.94. The van der Waals surface area contributed by atoms with Gasteiger partial charge >= 0.3 is 12.3 Å². The van der Waals surface area contributed by atoms with E-state index >= 15 is 4.39 Å². The third-order valence-corrected chi connectivity index (χ3v) is 6.01. The number of carbonyl (C=O) groups is 2. The van der Waals surface area contributed by atoms with Crippen molar-refractivity contribution in [2.45, 2.75) is 12.3 Å². The van der Waals surface area contributed by atoms with Crippen LogP contribution in [0.3, 0.4) is 0 Å². The average Bonchev–Trinajstić information content (AvgIpc) is 3.28. The maximum absolute atomic E-state index is 15.0. The van der Waals surface area contributed by atoms with Crippen molar-refractivity contribution in [3.05, 3.63) is 94.2 Å². The maximum Gasteiger partial charge on any atom is 0.416 e. The van der Waals surface area contributed by atoms with E-state index in [9.17, 15) is 32.3 Å². The van der Waals surface area contributed by atoms with Gasteiger partial charge in [0, 0.05) is 11.8 Å². The summed E-state index contributed by atoms with van der Waals surface area (Å²) in [6.45, 7) is -0.580. The summed E-state index contributed by atoms with van der Waals surface area (Å²) >= 11 is 3.13. The first kappa shape index (κ1) is 28.5. The van der Waals surface area contributed by atoms with Gasteiger partial charge in [0.25, 0.3) is 5.91 Å². The first-order valence-electron chi connectivity index (χ1n) is 11.1. The summed E-state index contributed by atoms with van der Waals surface area (Å²) < 4.78 is 79.2. The predicted octanol–water partition coefficient (Wildman–Crippen LogP) is 6.20. The van der Waals surface area contributed by atoms with Crippen LogP contribution in [0.15, 0.2) is 70.0 Å². The molecule has 1 unspecified atom stereocenters. The van der Waals surface area contributed by atoms with Crippen LogP contribution in [0.1, 0.15) is 27.9 Å². The van der Waals surface area contributed by atoms with Crippen LogP contribution in [0.2, 0.25) is 0 Å². The molecule has 0 saturated heterocycles. The molecular weight excluding hydrogens is 611 g/mol. The number of halogens is 6. The highest BCUT2D eigenvalue weighted by Gasteiger charge is 2.32. The van der Waals surface area contributed by atoms with Crippen molar-refractivity contribution in [3.8, 4) is 17.0 Å². The number of aromatic nitrogens is 2. The molecule has 0 saturated carbocycles. The van der Waals surface area contributed by atoms with Crippen LogP contribution in [0.5, 0.6) is 5.75 Å². The summed E-state index contributed by atoms with van der Waals surface area (Å²) in [5, 5.41) is 9.83. The molecule has 0 aliphatic heterocycles. The fourth-order valence-corrected chi connectivity index (χ4v) is 4.08. The predicted molar refractivity (Wildman–Crippen MR) is 132 cm³/mol. The second kappa shape index (κ2) is 11.3. The van der Waals surface area contributed by atoms with Gasteiger partial charge in [0.05, 0.1) is 24.0 Å². The van der Waals surface area contributed by atoms with E-state index < -0.39 is 59.3 Å². The van der Waals surface area contributed by atoms with Crippen LogP contribution in [0.25, 0.3) is 11.3 Å². The van der Waals surface area contributed by atoms with E-state index in [-0.39, 0.29) is 27.5 Å². The van der Waals surface area contributed by atoms with Crippen LogP contribution in [-0.2, 0) is 6.18 Å². The van der Waals surface area contributed by atoms with Crippen molar-refractivity contribution >= 4 is 33.6 Å². The van der Waals surface area contributed by atoms with Gasteiger partial charge in [0.2, 0.25) is 5.89 Å². The number of benzene rings is 2. The highest BCUT2D eigenvalue weighted by atomic mass is 79.9. The molecule has 4 rings (SSSR count). The molecule has 0 bridgehead atoms. The van der Waals surface area contributed by atoms with Crippen LogP contribution in [0, 0.1) is 11.6 Å². The number of nitrogens with zero attached hydrogens (tertiary/aromatic N) is 3. The number of hydrogen-bond donors (Lipinski definition) is 2. The molecule has 208 valence electrons. The number of carbonyl (C=O) groups excluding carboxylic acids is 1. The lowest BCUT2D eigenvalue weighted by molar-refractivity contribution is -0.137. The molecule has 15 heteroatoms. The van der Waals surface area contributed by atoms with E-state index in [2.05, 4.69) is 25.9 Å². The smallest absolute Gasteiger partial charge is 0.416 e. The van der Waals surface area contributed by atoms with E-state index in [1.54, 1.807) is 0 Å². The Kier molecular flexibility index (Phi) is 8.04. The first-order chi connectivity index (χ1) is 18.9. The number of nitrogens with two attached hydrogens (primary N) is 1. The molecule has 0 aliphatic rings. The second-order valence-electron chi connectivity index (χ2n) is 8.06. The van der Waals surface area contributed by atoms with E-state index in [1.807, 2.05) is 0 Å². The van der Waals surface area contributed by atoms with Gasteiger partial charge in [-0.1, -0.05) is 12.1 Å². The lowest BCUT2D eigenvalue weighted by Crippen LogP contribution is -2.35. The monoisotopic (exact) mass is 626 g/mol. The molecule has 2 heterocycles. The zero-order chi connectivity index (χ0) is 29.2. The molecule has 40 heavy (non-hydrogen) atoms. The average molecular weight is 627 g/mol. The van der Waals surface area contributed by atoms with Gasteiger partial charge in [0.1, 0.15) is 17.1 Å². The Morgan fingerprint density at radius 2 is 1.82 bits per heavy atom. The minimum Gasteiger partial charge on any atom is -0.476 e. The molecule has 3 N–H and O–H groups in total. The van der Waals surface area contributed by atoms with Crippen molar-refractivity contribution in [1.29, 1.82) is 0 Å². The maximum atomic E-state index is 15.0. The largest absolute Gasteiger partial charge is 0.476 e. The molecular formula is C25H16BrF5N4O5. The molecule has 9 nitrogen and oxygen atoms in total.